The fourth-order valence-corrected chi connectivity index (χ4v) is 2.40. The lowest BCUT2D eigenvalue weighted by atomic mass is 10.1. The van der Waals surface area contributed by atoms with Crippen molar-refractivity contribution in [2.24, 2.45) is 5.92 Å². The Morgan fingerprint density at radius 3 is 2.31 bits per heavy atom. The predicted molar refractivity (Wildman–Crippen MR) is 76.4 cm³/mol. The zero-order valence-corrected chi connectivity index (χ0v) is 13.1. The van der Waals surface area contributed by atoms with E-state index in [4.69, 9.17) is 4.43 Å². The molecule has 0 amide bonds. The average Bonchev–Trinajstić information content (AvgIpc) is 2.13. The first-order valence-electron chi connectivity index (χ1n) is 6.45. The standard InChI is InChI=1S/C14H30OSi/c1-8-9-10-11-13(2)12-15-16(6,7)14(3,4)5/h8,13H,1,9-12H2,2-7H3/t13-/m0/s1. The average molecular weight is 242 g/mol. The van der Waals surface area contributed by atoms with Gasteiger partial charge in [0.15, 0.2) is 8.32 Å². The highest BCUT2D eigenvalue weighted by molar-refractivity contribution is 6.74. The van der Waals surface area contributed by atoms with Crippen LogP contribution in [0.2, 0.25) is 18.1 Å². The lowest BCUT2D eigenvalue weighted by Gasteiger charge is -2.37. The molecule has 0 aromatic rings. The van der Waals surface area contributed by atoms with E-state index in [1.54, 1.807) is 0 Å². The first kappa shape index (κ1) is 15.9. The Labute approximate surface area is 103 Å². The van der Waals surface area contributed by atoms with Crippen molar-refractivity contribution in [2.75, 3.05) is 6.61 Å². The SMILES string of the molecule is C=CCCC[C@H](C)CO[Si](C)(C)C(C)(C)C. The molecule has 0 aromatic heterocycles. The molecule has 1 nitrogen and oxygen atoms in total. The second kappa shape index (κ2) is 6.60. The highest BCUT2D eigenvalue weighted by Gasteiger charge is 2.37. The summed E-state index contributed by atoms with van der Waals surface area (Å²) in [4.78, 5) is 0. The summed E-state index contributed by atoms with van der Waals surface area (Å²) >= 11 is 0. The third-order valence-corrected chi connectivity index (χ3v) is 8.14. The predicted octanol–water partition coefficient (Wildman–Crippen LogP) is 5.00. The summed E-state index contributed by atoms with van der Waals surface area (Å²) in [6.07, 6.45) is 5.62. The van der Waals surface area contributed by atoms with E-state index in [-0.39, 0.29) is 0 Å². The van der Waals surface area contributed by atoms with Crippen molar-refractivity contribution in [2.45, 2.75) is 65.1 Å². The molecule has 0 radical (unpaired) electrons. The Bertz CT molecular complexity index is 203. The van der Waals surface area contributed by atoms with Crippen LogP contribution in [0.4, 0.5) is 0 Å². The molecule has 0 saturated carbocycles. The number of allylic oxidation sites excluding steroid dienone is 1. The van der Waals surface area contributed by atoms with Crippen molar-refractivity contribution in [1.82, 2.24) is 0 Å². The molecule has 0 aliphatic carbocycles. The van der Waals surface area contributed by atoms with E-state index in [0.29, 0.717) is 11.0 Å². The van der Waals surface area contributed by atoms with Crippen molar-refractivity contribution in [3.05, 3.63) is 12.7 Å². The molecule has 0 aromatic carbocycles. The van der Waals surface area contributed by atoms with Gasteiger partial charge in [-0.2, -0.15) is 0 Å². The largest absolute Gasteiger partial charge is 0.417 e. The molecular formula is C14H30OSi. The third-order valence-electron chi connectivity index (χ3n) is 3.64. The van der Waals surface area contributed by atoms with Gasteiger partial charge in [-0.05, 0) is 43.3 Å². The fourth-order valence-electron chi connectivity index (χ4n) is 1.26. The number of hydrogen-bond donors (Lipinski definition) is 0. The van der Waals surface area contributed by atoms with Gasteiger partial charge in [0.2, 0.25) is 0 Å². The van der Waals surface area contributed by atoms with Crippen molar-refractivity contribution >= 4 is 8.32 Å². The Balaban J connectivity index is 3.91. The number of unbranched alkanes of at least 4 members (excludes halogenated alkanes) is 1. The van der Waals surface area contributed by atoms with Gasteiger partial charge in [-0.15, -0.1) is 6.58 Å². The molecule has 96 valence electrons. The van der Waals surface area contributed by atoms with Gasteiger partial charge in [0.25, 0.3) is 0 Å². The molecule has 16 heavy (non-hydrogen) atoms. The summed E-state index contributed by atoms with van der Waals surface area (Å²) in [6, 6.07) is 0. The minimum atomic E-state index is -1.54. The van der Waals surface area contributed by atoms with Gasteiger partial charge in [0.1, 0.15) is 0 Å². The molecule has 0 fully saturated rings. The van der Waals surface area contributed by atoms with Crippen molar-refractivity contribution in [3.8, 4) is 0 Å². The van der Waals surface area contributed by atoms with Gasteiger partial charge in [-0.25, -0.2) is 0 Å². The van der Waals surface area contributed by atoms with Crippen LogP contribution in [0.3, 0.4) is 0 Å². The molecule has 0 rings (SSSR count). The van der Waals surface area contributed by atoms with Crippen LogP contribution < -0.4 is 0 Å². The van der Waals surface area contributed by atoms with E-state index < -0.39 is 8.32 Å². The monoisotopic (exact) mass is 242 g/mol. The van der Waals surface area contributed by atoms with E-state index in [1.165, 1.54) is 12.8 Å². The first-order chi connectivity index (χ1) is 7.20. The van der Waals surface area contributed by atoms with Crippen LogP contribution in [0.25, 0.3) is 0 Å². The van der Waals surface area contributed by atoms with Crippen LogP contribution in [0.5, 0.6) is 0 Å². The van der Waals surface area contributed by atoms with E-state index in [2.05, 4.69) is 47.4 Å². The molecule has 0 N–H and O–H groups in total. The highest BCUT2D eigenvalue weighted by atomic mass is 28.4. The molecule has 0 saturated heterocycles. The lowest BCUT2D eigenvalue weighted by Crippen LogP contribution is -2.41. The molecule has 0 spiro atoms. The van der Waals surface area contributed by atoms with Crippen molar-refractivity contribution < 1.29 is 4.43 Å². The maximum atomic E-state index is 6.20. The second-order valence-electron chi connectivity index (χ2n) is 6.40. The van der Waals surface area contributed by atoms with Gasteiger partial charge in [0.05, 0.1) is 0 Å². The topological polar surface area (TPSA) is 9.23 Å². The van der Waals surface area contributed by atoms with Crippen LogP contribution in [0, 0.1) is 5.92 Å². The van der Waals surface area contributed by atoms with E-state index >= 15 is 0 Å². The molecule has 2 heteroatoms. The van der Waals surface area contributed by atoms with Crippen LogP contribution in [-0.4, -0.2) is 14.9 Å². The maximum absolute atomic E-state index is 6.20. The van der Waals surface area contributed by atoms with E-state index in [1.807, 2.05) is 6.08 Å². The first-order valence-corrected chi connectivity index (χ1v) is 9.36. The van der Waals surface area contributed by atoms with Gasteiger partial charge < -0.3 is 4.43 Å². The minimum Gasteiger partial charge on any atom is -0.417 e. The van der Waals surface area contributed by atoms with Crippen LogP contribution >= 0.6 is 0 Å². The Hall–Kier alpha value is -0.0831. The van der Waals surface area contributed by atoms with Crippen molar-refractivity contribution in [3.63, 3.8) is 0 Å². The van der Waals surface area contributed by atoms with Gasteiger partial charge >= 0.3 is 0 Å². The molecule has 1 atom stereocenters. The van der Waals surface area contributed by atoms with Crippen LogP contribution in [0.15, 0.2) is 12.7 Å². The molecule has 0 aliphatic rings. The highest BCUT2D eigenvalue weighted by Crippen LogP contribution is 2.36. The van der Waals surface area contributed by atoms with Gasteiger partial charge in [-0.3, -0.25) is 0 Å². The lowest BCUT2D eigenvalue weighted by molar-refractivity contribution is 0.229. The summed E-state index contributed by atoms with van der Waals surface area (Å²) in [5.74, 6) is 0.675. The minimum absolute atomic E-state index is 0.327. The number of hydrogen-bond acceptors (Lipinski definition) is 1. The summed E-state index contributed by atoms with van der Waals surface area (Å²) in [6.45, 7) is 18.5. The molecule has 0 heterocycles. The summed E-state index contributed by atoms with van der Waals surface area (Å²) < 4.78 is 6.20. The molecule has 0 aliphatic heterocycles. The maximum Gasteiger partial charge on any atom is 0.191 e. The Morgan fingerprint density at radius 1 is 1.31 bits per heavy atom. The molecule has 0 unspecified atom stereocenters. The van der Waals surface area contributed by atoms with Gasteiger partial charge in [0, 0.05) is 6.61 Å². The van der Waals surface area contributed by atoms with Crippen molar-refractivity contribution in [1.29, 1.82) is 0 Å². The Kier molecular flexibility index (Phi) is 6.57. The molecule has 0 bridgehead atoms. The smallest absolute Gasteiger partial charge is 0.191 e. The summed E-state index contributed by atoms with van der Waals surface area (Å²) in [5.41, 5.74) is 0. The zero-order chi connectivity index (χ0) is 12.8. The normalized spacial score (nSPS) is 14.9. The van der Waals surface area contributed by atoms with Crippen LogP contribution in [-0.2, 0) is 4.43 Å². The Morgan fingerprint density at radius 2 is 1.88 bits per heavy atom. The zero-order valence-electron chi connectivity index (χ0n) is 12.1. The van der Waals surface area contributed by atoms with Gasteiger partial charge in [-0.1, -0.05) is 33.8 Å². The summed E-state index contributed by atoms with van der Waals surface area (Å²) in [5, 5.41) is 0.327. The second-order valence-corrected chi connectivity index (χ2v) is 11.2. The fraction of sp³-hybridized carbons (Fsp3) is 0.857. The van der Waals surface area contributed by atoms with Crippen LogP contribution in [0.1, 0.15) is 47.0 Å². The number of rotatable bonds is 7. The molecular weight excluding hydrogens is 212 g/mol. The quantitative estimate of drug-likeness (QED) is 0.347. The van der Waals surface area contributed by atoms with E-state index in [0.717, 1.165) is 13.0 Å². The third kappa shape index (κ3) is 5.85. The summed E-state index contributed by atoms with van der Waals surface area (Å²) in [7, 11) is -1.54. The van der Waals surface area contributed by atoms with E-state index in [9.17, 15) is 0 Å².